The molecule has 8 nitrogen and oxygen atoms in total. The van der Waals surface area contributed by atoms with E-state index in [1.807, 2.05) is 0 Å². The number of nitrogens with zero attached hydrogens (tertiary/aromatic N) is 1. The molecule has 1 aromatic carbocycles. The highest BCUT2D eigenvalue weighted by Gasteiger charge is 2.43. The third kappa shape index (κ3) is 3.74. The predicted octanol–water partition coefficient (Wildman–Crippen LogP) is 0.814. The zero-order valence-electron chi connectivity index (χ0n) is 14.4. The summed E-state index contributed by atoms with van der Waals surface area (Å²) in [6, 6.07) is 3.87. The number of guanidine groups is 1. The Morgan fingerprint density at radius 2 is 2.16 bits per heavy atom. The minimum atomic E-state index is -3.76. The standard InChI is InChI=1S/C15H21FN4O4S/c1-9(24-4)13(21)18-10-5-6-12(16)11(7-10)15(2)8-25(22,23)20(3)14(17)19-15/h5-7,9H,8H2,1-4H3,(H2,17,19)(H,18,21)/t9-,15+/m1/s1. The fourth-order valence-electron chi connectivity index (χ4n) is 2.50. The van der Waals surface area contributed by atoms with E-state index < -0.39 is 39.1 Å². The first-order valence-corrected chi connectivity index (χ1v) is 9.08. The molecule has 10 heteroatoms. The summed E-state index contributed by atoms with van der Waals surface area (Å²) in [4.78, 5) is 11.9. The fraction of sp³-hybridized carbons (Fsp3) is 0.467. The van der Waals surface area contributed by atoms with Gasteiger partial charge >= 0.3 is 0 Å². The van der Waals surface area contributed by atoms with Crippen molar-refractivity contribution in [1.29, 1.82) is 5.41 Å². The monoisotopic (exact) mass is 372 g/mol. The van der Waals surface area contributed by atoms with Crippen LogP contribution in [0, 0.1) is 11.2 Å². The molecule has 1 fully saturated rings. The van der Waals surface area contributed by atoms with E-state index >= 15 is 0 Å². The lowest BCUT2D eigenvalue weighted by Crippen LogP contribution is -2.61. The molecule has 0 aliphatic carbocycles. The minimum Gasteiger partial charge on any atom is -0.372 e. The van der Waals surface area contributed by atoms with E-state index in [1.54, 1.807) is 6.92 Å². The van der Waals surface area contributed by atoms with Crippen LogP contribution in [0.4, 0.5) is 10.1 Å². The molecule has 138 valence electrons. The van der Waals surface area contributed by atoms with Crippen LogP contribution in [0.15, 0.2) is 18.2 Å². The maximum absolute atomic E-state index is 14.4. The molecule has 0 unspecified atom stereocenters. The molecule has 2 rings (SSSR count). The van der Waals surface area contributed by atoms with Crippen molar-refractivity contribution in [2.24, 2.45) is 0 Å². The van der Waals surface area contributed by atoms with E-state index in [0.29, 0.717) is 5.69 Å². The van der Waals surface area contributed by atoms with Crippen molar-refractivity contribution in [3.8, 4) is 0 Å². The summed E-state index contributed by atoms with van der Waals surface area (Å²) in [6.07, 6.45) is -0.695. The summed E-state index contributed by atoms with van der Waals surface area (Å²) in [5, 5.41) is 13.1. The Labute approximate surface area is 145 Å². The Morgan fingerprint density at radius 1 is 1.52 bits per heavy atom. The molecule has 0 aromatic heterocycles. The number of nitrogens with one attached hydrogen (secondary N) is 3. The van der Waals surface area contributed by atoms with Gasteiger partial charge in [0, 0.05) is 25.4 Å². The SMILES string of the molecule is CO[C@H](C)C(=O)Nc1ccc(F)c([C@]2(C)CS(=O)(=O)N(C)C(=N)N2)c1. The molecule has 0 bridgehead atoms. The van der Waals surface area contributed by atoms with E-state index in [2.05, 4.69) is 10.6 Å². The topological polar surface area (TPSA) is 112 Å². The molecular weight excluding hydrogens is 351 g/mol. The third-order valence-electron chi connectivity index (χ3n) is 4.15. The van der Waals surface area contributed by atoms with Crippen molar-refractivity contribution >= 4 is 27.6 Å². The highest BCUT2D eigenvalue weighted by Crippen LogP contribution is 2.31. The molecule has 1 aliphatic rings. The maximum Gasteiger partial charge on any atom is 0.253 e. The average Bonchev–Trinajstić information content (AvgIpc) is 2.53. The van der Waals surface area contributed by atoms with Gasteiger partial charge in [-0.1, -0.05) is 0 Å². The number of hydrogen-bond acceptors (Lipinski definition) is 5. The molecule has 25 heavy (non-hydrogen) atoms. The summed E-state index contributed by atoms with van der Waals surface area (Å²) in [5.74, 6) is -1.83. The van der Waals surface area contributed by atoms with Crippen LogP contribution in [0.1, 0.15) is 19.4 Å². The van der Waals surface area contributed by atoms with Gasteiger partial charge in [-0.2, -0.15) is 0 Å². The molecule has 1 amide bonds. The Hall–Kier alpha value is -2.20. The number of anilines is 1. The van der Waals surface area contributed by atoms with Crippen molar-refractivity contribution in [3.05, 3.63) is 29.6 Å². The van der Waals surface area contributed by atoms with E-state index in [0.717, 1.165) is 10.4 Å². The van der Waals surface area contributed by atoms with E-state index in [9.17, 15) is 17.6 Å². The first kappa shape index (κ1) is 19.1. The summed E-state index contributed by atoms with van der Waals surface area (Å²) in [7, 11) is -1.12. The van der Waals surface area contributed by atoms with Crippen molar-refractivity contribution in [3.63, 3.8) is 0 Å². The number of rotatable bonds is 4. The van der Waals surface area contributed by atoms with E-state index in [-0.39, 0.29) is 11.5 Å². The second-order valence-corrected chi connectivity index (χ2v) is 8.09. The van der Waals surface area contributed by atoms with Crippen molar-refractivity contribution < 1.29 is 22.3 Å². The molecule has 0 radical (unpaired) electrons. The Balaban J connectivity index is 2.40. The van der Waals surface area contributed by atoms with Gasteiger partial charge < -0.3 is 15.4 Å². The van der Waals surface area contributed by atoms with Crippen LogP contribution in [0.25, 0.3) is 0 Å². The summed E-state index contributed by atoms with van der Waals surface area (Å²) >= 11 is 0. The van der Waals surface area contributed by atoms with Crippen LogP contribution >= 0.6 is 0 Å². The summed E-state index contributed by atoms with van der Waals surface area (Å²) < 4.78 is 44.5. The summed E-state index contributed by atoms with van der Waals surface area (Å²) in [5.41, 5.74) is -1.01. The zero-order valence-corrected chi connectivity index (χ0v) is 15.2. The molecule has 0 spiro atoms. The number of carbonyl (C=O) groups excluding carboxylic acids is 1. The van der Waals surface area contributed by atoms with Gasteiger partial charge in [0.15, 0.2) is 0 Å². The summed E-state index contributed by atoms with van der Waals surface area (Å²) in [6.45, 7) is 3.06. The van der Waals surface area contributed by atoms with E-state index in [4.69, 9.17) is 10.1 Å². The number of methoxy groups -OCH3 is 1. The van der Waals surface area contributed by atoms with Gasteiger partial charge in [0.25, 0.3) is 5.91 Å². The van der Waals surface area contributed by atoms with E-state index in [1.165, 1.54) is 33.2 Å². The molecule has 3 N–H and O–H groups in total. The minimum absolute atomic E-state index is 0.0387. The highest BCUT2D eigenvalue weighted by molar-refractivity contribution is 7.89. The maximum atomic E-state index is 14.4. The number of carbonyl (C=O) groups is 1. The van der Waals surface area contributed by atoms with Crippen LogP contribution < -0.4 is 10.6 Å². The molecule has 0 saturated carbocycles. The lowest BCUT2D eigenvalue weighted by atomic mass is 9.93. The van der Waals surface area contributed by atoms with Crippen molar-refractivity contribution in [2.75, 3.05) is 25.2 Å². The number of sulfonamides is 1. The molecule has 1 saturated heterocycles. The largest absolute Gasteiger partial charge is 0.372 e. The Kier molecular flexibility index (Phi) is 5.05. The number of amides is 1. The van der Waals surface area contributed by atoms with Crippen LogP contribution in [0.3, 0.4) is 0 Å². The molecule has 1 aromatic rings. The van der Waals surface area contributed by atoms with Crippen LogP contribution in [-0.4, -0.2) is 50.6 Å². The molecule has 2 atom stereocenters. The number of halogens is 1. The number of hydrogen-bond donors (Lipinski definition) is 3. The number of benzene rings is 1. The average molecular weight is 372 g/mol. The quantitative estimate of drug-likeness (QED) is 0.724. The molecular formula is C15H21FN4O4S. The predicted molar refractivity (Wildman–Crippen MR) is 91.3 cm³/mol. The first-order chi connectivity index (χ1) is 11.5. The van der Waals surface area contributed by atoms with Crippen LogP contribution in [0.2, 0.25) is 0 Å². The van der Waals surface area contributed by atoms with Crippen molar-refractivity contribution in [2.45, 2.75) is 25.5 Å². The normalized spacial score (nSPS) is 23.7. The van der Waals surface area contributed by atoms with Crippen LogP contribution in [-0.2, 0) is 25.1 Å². The van der Waals surface area contributed by atoms with Gasteiger partial charge in [0.05, 0.1) is 11.3 Å². The zero-order chi connectivity index (χ0) is 19.0. The van der Waals surface area contributed by atoms with Crippen molar-refractivity contribution in [1.82, 2.24) is 9.62 Å². The smallest absolute Gasteiger partial charge is 0.253 e. The first-order valence-electron chi connectivity index (χ1n) is 7.47. The van der Waals surface area contributed by atoms with Gasteiger partial charge in [0.1, 0.15) is 11.9 Å². The lowest BCUT2D eigenvalue weighted by Gasteiger charge is -2.40. The number of ether oxygens (including phenoxy) is 1. The van der Waals surface area contributed by atoms with Gasteiger partial charge in [-0.15, -0.1) is 0 Å². The Bertz CT molecular complexity index is 814. The van der Waals surface area contributed by atoms with Gasteiger partial charge in [-0.25, -0.2) is 17.1 Å². The van der Waals surface area contributed by atoms with Gasteiger partial charge in [-0.05, 0) is 32.0 Å². The molecule has 1 heterocycles. The third-order valence-corrected chi connectivity index (χ3v) is 6.11. The van der Waals surface area contributed by atoms with Crippen LogP contribution in [0.5, 0.6) is 0 Å². The van der Waals surface area contributed by atoms with Gasteiger partial charge in [0.2, 0.25) is 16.0 Å². The second-order valence-electron chi connectivity index (χ2n) is 6.09. The van der Waals surface area contributed by atoms with Gasteiger partial charge in [-0.3, -0.25) is 10.2 Å². The highest BCUT2D eigenvalue weighted by atomic mass is 32.2. The second kappa shape index (κ2) is 6.60. The lowest BCUT2D eigenvalue weighted by molar-refractivity contribution is -0.124. The fourth-order valence-corrected chi connectivity index (χ4v) is 3.97. The molecule has 1 aliphatic heterocycles. The Morgan fingerprint density at radius 3 is 2.72 bits per heavy atom.